The second-order valence-corrected chi connectivity index (χ2v) is 2.83. The molecule has 0 heterocycles. The molecule has 0 atom stereocenters. The third-order valence-corrected chi connectivity index (χ3v) is 0.988. The van der Waals surface area contributed by atoms with Crippen LogP contribution >= 0.6 is 0 Å². The van der Waals surface area contributed by atoms with E-state index in [1.165, 1.54) is 0 Å². The summed E-state index contributed by atoms with van der Waals surface area (Å²) >= 11 is 0. The molecule has 0 N–H and O–H groups in total. The average Bonchev–Trinajstić information content (AvgIpc) is 1.79. The van der Waals surface area contributed by atoms with Crippen molar-refractivity contribution in [1.29, 1.82) is 0 Å². The van der Waals surface area contributed by atoms with Crippen LogP contribution in [-0.4, -0.2) is 0 Å². The van der Waals surface area contributed by atoms with E-state index in [4.69, 9.17) is 0 Å². The van der Waals surface area contributed by atoms with Crippen molar-refractivity contribution in [3.8, 4) is 0 Å². The van der Waals surface area contributed by atoms with Gasteiger partial charge in [0, 0.05) is 0 Å². The summed E-state index contributed by atoms with van der Waals surface area (Å²) in [6.45, 7) is 10.1. The smallest absolute Gasteiger partial charge is 0.0287 e. The van der Waals surface area contributed by atoms with E-state index in [2.05, 4.69) is 32.6 Å². The van der Waals surface area contributed by atoms with Gasteiger partial charge >= 0.3 is 0 Å². The van der Waals surface area contributed by atoms with Crippen LogP contribution in [-0.2, 0) is 0 Å². The standard InChI is InChI=1S/C10H16/c1-9(2)7-5-6-8-10(3)4/h5-8,10H,1H2,2-4H3. The van der Waals surface area contributed by atoms with Crippen molar-refractivity contribution in [3.05, 3.63) is 36.5 Å². The predicted molar refractivity (Wildman–Crippen MR) is 47.9 cm³/mol. The number of hydrogen-bond acceptors (Lipinski definition) is 0. The van der Waals surface area contributed by atoms with Crippen LogP contribution in [0.1, 0.15) is 20.8 Å². The lowest BCUT2D eigenvalue weighted by molar-refractivity contribution is 0.832. The molecule has 0 spiro atoms. The zero-order chi connectivity index (χ0) is 7.98. The summed E-state index contributed by atoms with van der Waals surface area (Å²) in [5, 5.41) is 0. The molecule has 0 aromatic carbocycles. The molecule has 0 radical (unpaired) electrons. The van der Waals surface area contributed by atoms with Crippen LogP contribution in [0.15, 0.2) is 36.5 Å². The van der Waals surface area contributed by atoms with Crippen LogP contribution in [0.3, 0.4) is 0 Å². The monoisotopic (exact) mass is 136 g/mol. The first-order valence-electron chi connectivity index (χ1n) is 3.63. The van der Waals surface area contributed by atoms with Gasteiger partial charge in [0.05, 0.1) is 0 Å². The van der Waals surface area contributed by atoms with Gasteiger partial charge in [-0.3, -0.25) is 0 Å². The van der Waals surface area contributed by atoms with E-state index < -0.39 is 0 Å². The topological polar surface area (TPSA) is 0 Å². The highest BCUT2D eigenvalue weighted by Gasteiger charge is 1.78. The fraction of sp³-hybridized carbons (Fsp3) is 0.400. The number of allylic oxidation sites excluding steroid dienone is 5. The highest BCUT2D eigenvalue weighted by Crippen LogP contribution is 1.95. The molecule has 0 aliphatic rings. The van der Waals surface area contributed by atoms with Gasteiger partial charge in [-0.15, -0.1) is 0 Å². The van der Waals surface area contributed by atoms with Gasteiger partial charge < -0.3 is 0 Å². The molecule has 0 unspecified atom stereocenters. The van der Waals surface area contributed by atoms with Crippen LogP contribution in [0, 0.1) is 5.92 Å². The van der Waals surface area contributed by atoms with Crippen molar-refractivity contribution in [2.24, 2.45) is 5.92 Å². The second kappa shape index (κ2) is 5.04. The van der Waals surface area contributed by atoms with Crippen LogP contribution in [0.4, 0.5) is 0 Å². The normalized spacial score (nSPS) is 12.0. The van der Waals surface area contributed by atoms with Gasteiger partial charge in [-0.1, -0.05) is 50.3 Å². The molecule has 0 aromatic rings. The Labute approximate surface area is 64.0 Å². The maximum absolute atomic E-state index is 3.75. The van der Waals surface area contributed by atoms with Crippen molar-refractivity contribution < 1.29 is 0 Å². The summed E-state index contributed by atoms with van der Waals surface area (Å²) in [6.07, 6.45) is 8.22. The highest BCUT2D eigenvalue weighted by atomic mass is 13.8. The summed E-state index contributed by atoms with van der Waals surface area (Å²) in [5.74, 6) is 0.634. The lowest BCUT2D eigenvalue weighted by Gasteiger charge is -1.89. The molecule has 0 amide bonds. The van der Waals surface area contributed by atoms with Crippen molar-refractivity contribution >= 4 is 0 Å². The van der Waals surface area contributed by atoms with Gasteiger partial charge in [-0.2, -0.15) is 0 Å². The number of rotatable bonds is 3. The maximum Gasteiger partial charge on any atom is -0.0287 e. The molecule has 0 aliphatic carbocycles. The Bertz CT molecular complexity index is 147. The largest absolute Gasteiger partial charge is 0.0961 e. The van der Waals surface area contributed by atoms with E-state index in [9.17, 15) is 0 Å². The first-order valence-corrected chi connectivity index (χ1v) is 3.63. The van der Waals surface area contributed by atoms with Gasteiger partial charge in [0.2, 0.25) is 0 Å². The summed E-state index contributed by atoms with van der Waals surface area (Å²) < 4.78 is 0. The van der Waals surface area contributed by atoms with Crippen molar-refractivity contribution in [2.75, 3.05) is 0 Å². The zero-order valence-electron chi connectivity index (χ0n) is 7.09. The fourth-order valence-corrected chi connectivity index (χ4v) is 0.506. The lowest BCUT2D eigenvalue weighted by atomic mass is 10.2. The summed E-state index contributed by atoms with van der Waals surface area (Å²) in [6, 6.07) is 0. The molecule has 56 valence electrons. The molecule has 0 rings (SSSR count). The molecule has 0 fully saturated rings. The van der Waals surface area contributed by atoms with E-state index in [1.54, 1.807) is 0 Å². The van der Waals surface area contributed by atoms with Crippen LogP contribution in [0.5, 0.6) is 0 Å². The first kappa shape index (κ1) is 9.22. The van der Waals surface area contributed by atoms with Crippen LogP contribution < -0.4 is 0 Å². The van der Waals surface area contributed by atoms with Crippen LogP contribution in [0.2, 0.25) is 0 Å². The third kappa shape index (κ3) is 7.22. The van der Waals surface area contributed by atoms with E-state index in [0.717, 1.165) is 5.57 Å². The molecule has 10 heavy (non-hydrogen) atoms. The Morgan fingerprint density at radius 3 is 2.30 bits per heavy atom. The minimum atomic E-state index is 0.634. The van der Waals surface area contributed by atoms with Crippen molar-refractivity contribution in [3.63, 3.8) is 0 Å². The molecule has 0 heteroatoms. The van der Waals surface area contributed by atoms with Gasteiger partial charge in [0.25, 0.3) is 0 Å². The second-order valence-electron chi connectivity index (χ2n) is 2.83. The average molecular weight is 136 g/mol. The zero-order valence-corrected chi connectivity index (χ0v) is 7.09. The van der Waals surface area contributed by atoms with E-state index >= 15 is 0 Å². The first-order chi connectivity index (χ1) is 4.63. The molecule has 0 aliphatic heterocycles. The predicted octanol–water partition coefficient (Wildman–Crippen LogP) is 3.33. The van der Waals surface area contributed by atoms with E-state index in [1.807, 2.05) is 19.1 Å². The van der Waals surface area contributed by atoms with Crippen molar-refractivity contribution in [1.82, 2.24) is 0 Å². The fourth-order valence-electron chi connectivity index (χ4n) is 0.506. The Balaban J connectivity index is 3.62. The quantitative estimate of drug-likeness (QED) is 0.522. The Kier molecular flexibility index (Phi) is 4.65. The molecule has 0 aromatic heterocycles. The summed E-state index contributed by atoms with van der Waals surface area (Å²) in [7, 11) is 0. The Morgan fingerprint density at radius 2 is 1.90 bits per heavy atom. The summed E-state index contributed by atoms with van der Waals surface area (Å²) in [5.41, 5.74) is 1.09. The summed E-state index contributed by atoms with van der Waals surface area (Å²) in [4.78, 5) is 0. The lowest BCUT2D eigenvalue weighted by Crippen LogP contribution is -1.74. The Morgan fingerprint density at radius 1 is 1.30 bits per heavy atom. The molecule has 0 saturated carbocycles. The molecular weight excluding hydrogens is 120 g/mol. The molecule has 0 bridgehead atoms. The molecule has 0 saturated heterocycles. The van der Waals surface area contributed by atoms with Gasteiger partial charge in [-0.25, -0.2) is 0 Å². The number of hydrogen-bond donors (Lipinski definition) is 0. The Hall–Kier alpha value is -0.780. The third-order valence-electron chi connectivity index (χ3n) is 0.988. The molecule has 0 nitrogen and oxygen atoms in total. The van der Waals surface area contributed by atoms with Gasteiger partial charge in [-0.05, 0) is 12.8 Å². The minimum absolute atomic E-state index is 0.634. The highest BCUT2D eigenvalue weighted by molar-refractivity contribution is 5.16. The maximum atomic E-state index is 3.75. The van der Waals surface area contributed by atoms with Gasteiger partial charge in [0.15, 0.2) is 0 Å². The molecular formula is C10H16. The van der Waals surface area contributed by atoms with Crippen LogP contribution in [0.25, 0.3) is 0 Å². The van der Waals surface area contributed by atoms with E-state index in [-0.39, 0.29) is 0 Å². The van der Waals surface area contributed by atoms with Crippen molar-refractivity contribution in [2.45, 2.75) is 20.8 Å². The van der Waals surface area contributed by atoms with E-state index in [0.29, 0.717) is 5.92 Å². The van der Waals surface area contributed by atoms with Gasteiger partial charge in [0.1, 0.15) is 0 Å². The minimum Gasteiger partial charge on any atom is -0.0961 e. The SMILES string of the molecule is C=C(C)C=CC=CC(C)C.